The Hall–Kier alpha value is -2.99. The van der Waals surface area contributed by atoms with Crippen LogP contribution in [0.5, 0.6) is 5.75 Å². The molecule has 2 bridgehead atoms. The molecule has 1 aromatic carbocycles. The van der Waals surface area contributed by atoms with E-state index in [0.29, 0.717) is 57.2 Å². The molecule has 4 aliphatic rings. The van der Waals surface area contributed by atoms with E-state index >= 15 is 0 Å². The van der Waals surface area contributed by atoms with E-state index in [0.717, 1.165) is 32.2 Å². The average Bonchev–Trinajstić information content (AvgIpc) is 3.54. The normalized spacial score (nSPS) is 28.0. The van der Waals surface area contributed by atoms with Crippen molar-refractivity contribution in [1.29, 1.82) is 0 Å². The lowest BCUT2D eigenvalue weighted by atomic mass is 9.94. The molecule has 4 atom stereocenters. The standard InChI is InChI=1S/C31H40N4O6S/c36-29(21-9-14-39-15-10-21)33-25-8-7-22-11-16-40-27-6-2-1-5-24(27)31(38)35-13-12-34(19-23-4-3-17-42-23)20-26(35)30(37)32-18-28(25)41-22/h1-6,17,21-22,25-26,28H,7-16,18-20H2,(H,32,37)(H,33,36)/t22-,25+,26-,28+/m0/s1. The van der Waals surface area contributed by atoms with Gasteiger partial charge in [0.25, 0.3) is 5.91 Å². The zero-order chi connectivity index (χ0) is 28.9. The highest BCUT2D eigenvalue weighted by atomic mass is 32.1. The number of fused-ring (bicyclic) bond motifs is 4. The van der Waals surface area contributed by atoms with Gasteiger partial charge in [-0.15, -0.1) is 11.3 Å². The molecule has 5 heterocycles. The largest absolute Gasteiger partial charge is 0.493 e. The van der Waals surface area contributed by atoms with Gasteiger partial charge < -0.3 is 29.7 Å². The van der Waals surface area contributed by atoms with E-state index in [-0.39, 0.29) is 48.4 Å². The molecule has 0 saturated carbocycles. The Morgan fingerprint density at radius 3 is 2.69 bits per heavy atom. The predicted octanol–water partition coefficient (Wildman–Crippen LogP) is 2.43. The minimum Gasteiger partial charge on any atom is -0.493 e. The van der Waals surface area contributed by atoms with Crippen molar-refractivity contribution in [3.8, 4) is 5.75 Å². The number of carbonyl (C=O) groups is 3. The van der Waals surface area contributed by atoms with Crippen molar-refractivity contribution in [2.24, 2.45) is 5.92 Å². The fourth-order valence-electron chi connectivity index (χ4n) is 6.41. The molecule has 0 spiro atoms. The topological polar surface area (TPSA) is 109 Å². The first-order valence-corrected chi connectivity index (χ1v) is 16.0. The summed E-state index contributed by atoms with van der Waals surface area (Å²) in [4.78, 5) is 46.0. The van der Waals surface area contributed by atoms with Crippen LogP contribution < -0.4 is 15.4 Å². The van der Waals surface area contributed by atoms with Crippen LogP contribution in [0.25, 0.3) is 0 Å². The molecule has 2 N–H and O–H groups in total. The summed E-state index contributed by atoms with van der Waals surface area (Å²) in [5.41, 5.74) is 0.470. The second-order valence-electron chi connectivity index (χ2n) is 11.6. The Labute approximate surface area is 250 Å². The molecular weight excluding hydrogens is 556 g/mol. The van der Waals surface area contributed by atoms with Crippen molar-refractivity contribution in [2.45, 2.75) is 62.9 Å². The minimum atomic E-state index is -0.670. The fourth-order valence-corrected chi connectivity index (χ4v) is 7.15. The second kappa shape index (κ2) is 13.5. The maximum Gasteiger partial charge on any atom is 0.258 e. The number of ether oxygens (including phenoxy) is 3. The number of carbonyl (C=O) groups excluding carboxylic acids is 3. The van der Waals surface area contributed by atoms with Crippen molar-refractivity contribution in [2.75, 3.05) is 46.0 Å². The first-order valence-electron chi connectivity index (χ1n) is 15.1. The zero-order valence-corrected chi connectivity index (χ0v) is 24.7. The van der Waals surface area contributed by atoms with Gasteiger partial charge >= 0.3 is 0 Å². The number of amides is 3. The van der Waals surface area contributed by atoms with Gasteiger partial charge in [-0.25, -0.2) is 0 Å². The fraction of sp³-hybridized carbons (Fsp3) is 0.581. The van der Waals surface area contributed by atoms with Crippen LogP contribution in [0.1, 0.15) is 47.3 Å². The van der Waals surface area contributed by atoms with Crippen molar-refractivity contribution < 1.29 is 28.6 Å². The van der Waals surface area contributed by atoms with Crippen LogP contribution in [0.2, 0.25) is 0 Å². The van der Waals surface area contributed by atoms with Crippen LogP contribution in [-0.2, 0) is 25.6 Å². The molecule has 4 aliphatic heterocycles. The Morgan fingerprint density at radius 1 is 1.00 bits per heavy atom. The predicted molar refractivity (Wildman–Crippen MR) is 157 cm³/mol. The van der Waals surface area contributed by atoms with Gasteiger partial charge in [0.15, 0.2) is 0 Å². The molecule has 6 rings (SSSR count). The van der Waals surface area contributed by atoms with E-state index in [1.165, 1.54) is 4.88 Å². The summed E-state index contributed by atoms with van der Waals surface area (Å²) in [5.74, 6) is 0.0821. The Bertz CT molecular complexity index is 1240. The summed E-state index contributed by atoms with van der Waals surface area (Å²) in [7, 11) is 0. The zero-order valence-electron chi connectivity index (χ0n) is 23.9. The molecule has 0 aliphatic carbocycles. The molecule has 2 aromatic rings. The van der Waals surface area contributed by atoms with Gasteiger partial charge in [0, 0.05) is 63.2 Å². The maximum atomic E-state index is 13.9. The number of benzene rings is 1. The molecule has 226 valence electrons. The van der Waals surface area contributed by atoms with Crippen molar-refractivity contribution in [3.05, 3.63) is 52.2 Å². The number of thiophene rings is 1. The molecule has 3 fully saturated rings. The third-order valence-corrected chi connectivity index (χ3v) is 9.68. The monoisotopic (exact) mass is 596 g/mol. The highest BCUT2D eigenvalue weighted by molar-refractivity contribution is 7.09. The SMILES string of the molecule is O=C(N[C@@H]1CC[C@H]2CCOc3ccccc3C(=O)N3CCN(Cc4cccs4)C[C@H]3C(=O)NC[C@H]1O2)C1CCOCC1. The van der Waals surface area contributed by atoms with E-state index < -0.39 is 6.04 Å². The van der Waals surface area contributed by atoms with Crippen LogP contribution in [0.15, 0.2) is 41.8 Å². The van der Waals surface area contributed by atoms with Gasteiger partial charge in [-0.05, 0) is 49.3 Å². The van der Waals surface area contributed by atoms with Crippen LogP contribution >= 0.6 is 11.3 Å². The summed E-state index contributed by atoms with van der Waals surface area (Å²) in [6.45, 7) is 4.13. The summed E-state index contributed by atoms with van der Waals surface area (Å²) in [6.07, 6.45) is 3.19. The Balaban J connectivity index is 1.22. The van der Waals surface area contributed by atoms with E-state index in [4.69, 9.17) is 14.2 Å². The molecular formula is C31H40N4O6S. The molecule has 11 heteroatoms. The van der Waals surface area contributed by atoms with E-state index in [9.17, 15) is 14.4 Å². The van der Waals surface area contributed by atoms with Crippen molar-refractivity contribution in [1.82, 2.24) is 20.4 Å². The molecule has 3 amide bonds. The maximum absolute atomic E-state index is 13.9. The van der Waals surface area contributed by atoms with Gasteiger partial charge in [-0.3, -0.25) is 19.3 Å². The van der Waals surface area contributed by atoms with Crippen molar-refractivity contribution in [3.63, 3.8) is 0 Å². The van der Waals surface area contributed by atoms with Gasteiger partial charge in [0.05, 0.1) is 30.4 Å². The van der Waals surface area contributed by atoms with Crippen LogP contribution in [0.4, 0.5) is 0 Å². The number of rotatable bonds is 4. The van der Waals surface area contributed by atoms with Crippen molar-refractivity contribution >= 4 is 29.1 Å². The number of nitrogens with zero attached hydrogens (tertiary/aromatic N) is 2. The quantitative estimate of drug-likeness (QED) is 0.558. The third kappa shape index (κ3) is 6.80. The second-order valence-corrected chi connectivity index (χ2v) is 12.6. The van der Waals surface area contributed by atoms with E-state index in [2.05, 4.69) is 27.0 Å². The number of para-hydroxylation sites is 1. The van der Waals surface area contributed by atoms with Gasteiger partial charge in [0.1, 0.15) is 11.8 Å². The number of piperazine rings is 1. The highest BCUT2D eigenvalue weighted by Crippen LogP contribution is 2.27. The molecule has 3 saturated heterocycles. The van der Waals surface area contributed by atoms with Gasteiger partial charge in [-0.1, -0.05) is 18.2 Å². The third-order valence-electron chi connectivity index (χ3n) is 8.82. The van der Waals surface area contributed by atoms with Crippen LogP contribution in [0, 0.1) is 5.92 Å². The summed E-state index contributed by atoms with van der Waals surface area (Å²) < 4.78 is 18.1. The number of hydrogen-bond donors (Lipinski definition) is 2. The highest BCUT2D eigenvalue weighted by Gasteiger charge is 2.39. The van der Waals surface area contributed by atoms with E-state index in [1.807, 2.05) is 24.3 Å². The molecule has 1 aromatic heterocycles. The van der Waals surface area contributed by atoms with Gasteiger partial charge in [-0.2, -0.15) is 0 Å². The molecule has 0 radical (unpaired) electrons. The lowest BCUT2D eigenvalue weighted by Crippen LogP contribution is -2.62. The summed E-state index contributed by atoms with van der Waals surface area (Å²) in [5, 5.41) is 8.39. The minimum absolute atomic E-state index is 0.0318. The summed E-state index contributed by atoms with van der Waals surface area (Å²) >= 11 is 1.69. The van der Waals surface area contributed by atoms with E-state index in [1.54, 1.807) is 22.3 Å². The van der Waals surface area contributed by atoms with Gasteiger partial charge in [0.2, 0.25) is 11.8 Å². The number of hydrogen-bond acceptors (Lipinski definition) is 8. The van der Waals surface area contributed by atoms with Crippen LogP contribution in [-0.4, -0.2) is 97.8 Å². The smallest absolute Gasteiger partial charge is 0.258 e. The molecule has 42 heavy (non-hydrogen) atoms. The Kier molecular flexibility index (Phi) is 9.38. The average molecular weight is 597 g/mol. The lowest BCUT2D eigenvalue weighted by Gasteiger charge is -2.42. The number of nitrogens with one attached hydrogen (secondary N) is 2. The first-order chi connectivity index (χ1) is 20.5. The molecule has 10 nitrogen and oxygen atoms in total. The summed E-state index contributed by atoms with van der Waals surface area (Å²) in [6, 6.07) is 10.5. The lowest BCUT2D eigenvalue weighted by molar-refractivity contribution is -0.134. The first kappa shape index (κ1) is 29.1. The Morgan fingerprint density at radius 2 is 1.86 bits per heavy atom. The van der Waals surface area contributed by atoms with Crippen LogP contribution in [0.3, 0.4) is 0 Å². The molecule has 0 unspecified atom stereocenters.